The van der Waals surface area contributed by atoms with Gasteiger partial charge in [0.05, 0.1) is 44.9 Å². The summed E-state index contributed by atoms with van der Waals surface area (Å²) >= 11 is 0. The van der Waals surface area contributed by atoms with Crippen LogP contribution < -0.4 is 26.2 Å². The van der Waals surface area contributed by atoms with Crippen molar-refractivity contribution in [3.05, 3.63) is 380 Å². The highest BCUT2D eigenvalue weighted by Crippen LogP contribution is 2.49. The Labute approximate surface area is 623 Å². The molecular weight excluding hydrogens is 1330 g/mol. The van der Waals surface area contributed by atoms with E-state index in [4.69, 9.17) is 34.4 Å². The smallest absolute Gasteiger partial charge is 0.338 e. The molecule has 2 aliphatic heterocycles. The third-order valence-corrected chi connectivity index (χ3v) is 20.3. The van der Waals surface area contributed by atoms with Crippen LogP contribution in [0, 0.1) is 0 Å². The second-order valence-electron chi connectivity index (χ2n) is 26.9. The number of hydrogen-bond acceptors (Lipinski definition) is 11. The molecule has 0 bridgehead atoms. The maximum Gasteiger partial charge on any atom is 0.338 e. The zero-order valence-electron chi connectivity index (χ0n) is 58.3. The van der Waals surface area contributed by atoms with Crippen LogP contribution in [0.4, 0.5) is 34.1 Å². The Bertz CT molecular complexity index is 6130. The molecule has 5 heterocycles. The van der Waals surface area contributed by atoms with Crippen LogP contribution in [0.1, 0.15) is 31.8 Å². The first-order valence-electron chi connectivity index (χ1n) is 36.0. The fraction of sp³-hybridized carbons (Fsp3) is 0.0211. The van der Waals surface area contributed by atoms with Crippen LogP contribution in [0.25, 0.3) is 107 Å². The normalized spacial score (nSPS) is 12.0. The van der Waals surface area contributed by atoms with Gasteiger partial charge in [-0.2, -0.15) is 0 Å². The highest BCUT2D eigenvalue weighted by molar-refractivity contribution is 7.00. The van der Waals surface area contributed by atoms with E-state index in [1.165, 1.54) is 16.4 Å². The van der Waals surface area contributed by atoms with E-state index in [1.807, 2.05) is 170 Å². The lowest BCUT2D eigenvalue weighted by atomic mass is 9.33. The standard InChI is InChI=1S/C95H63BN8O4/c105-94(107-60-62-27-8-1-9-28-62)70-48-52-82-75(57-70)76-58-71(95(106)108-61-63-29-10-2-11-30-63)49-53-83(76)104(82)84-51-47-68(81-59-80(64-31-12-3-13-32-64)97-90(98-81)65-33-14-4-15-34-65)56-77(84)93-100-91(66-35-16-5-17-36-66)99-92(101-93)69-38-26-37-67(55-69)74-50-54-87-88-89(74)103(73-41-20-7-21-42-73)86-46-25-23-44-79(86)96(88)78-43-22-24-45-85(78)102(87)72-39-18-6-19-40-72/h1-59H,60-61H2. The van der Waals surface area contributed by atoms with Crippen molar-refractivity contribution in [2.75, 3.05) is 9.80 Å². The lowest BCUT2D eigenvalue weighted by Crippen LogP contribution is -2.61. The Morgan fingerprint density at radius 2 is 0.741 bits per heavy atom. The number of fused-ring (bicyclic) bond motifs is 7. The number of esters is 2. The molecule has 0 saturated carbocycles. The van der Waals surface area contributed by atoms with Gasteiger partial charge in [0.1, 0.15) is 13.2 Å². The number of para-hydroxylation sites is 4. The van der Waals surface area contributed by atoms with E-state index in [9.17, 15) is 9.59 Å². The first-order valence-corrected chi connectivity index (χ1v) is 36.0. The van der Waals surface area contributed by atoms with Crippen LogP contribution in [0.15, 0.2) is 358 Å². The largest absolute Gasteiger partial charge is 0.457 e. The molecule has 0 fully saturated rings. The predicted octanol–water partition coefficient (Wildman–Crippen LogP) is 20.2. The maximum absolute atomic E-state index is 14.3. The number of benzene rings is 14. The number of hydrogen-bond donors (Lipinski definition) is 0. The van der Waals surface area contributed by atoms with Crippen LogP contribution in [0.3, 0.4) is 0 Å². The number of ether oxygens (including phenoxy) is 2. The van der Waals surface area contributed by atoms with E-state index >= 15 is 0 Å². The summed E-state index contributed by atoms with van der Waals surface area (Å²) in [6.07, 6.45) is 0. The molecule has 2 aliphatic rings. The molecule has 0 atom stereocenters. The zero-order valence-corrected chi connectivity index (χ0v) is 58.3. The Morgan fingerprint density at radius 1 is 0.306 bits per heavy atom. The molecule has 12 nitrogen and oxygen atoms in total. The van der Waals surface area contributed by atoms with Gasteiger partial charge in [0.15, 0.2) is 23.3 Å². The summed E-state index contributed by atoms with van der Waals surface area (Å²) in [5, 5.41) is 1.39. The summed E-state index contributed by atoms with van der Waals surface area (Å²) in [4.78, 5) is 60.7. The number of carbonyl (C=O) groups is 2. The Morgan fingerprint density at radius 3 is 1.31 bits per heavy atom. The summed E-state index contributed by atoms with van der Waals surface area (Å²) < 4.78 is 14.1. The molecule has 108 heavy (non-hydrogen) atoms. The average molecular weight is 1390 g/mol. The van der Waals surface area contributed by atoms with E-state index in [2.05, 4.69) is 190 Å². The summed E-state index contributed by atoms with van der Waals surface area (Å²) in [5.41, 5.74) is 22.9. The molecule has 0 spiro atoms. The first kappa shape index (κ1) is 64.4. The molecule has 3 aromatic heterocycles. The topological polar surface area (TPSA) is 128 Å². The lowest BCUT2D eigenvalue weighted by molar-refractivity contribution is 0.0464. The molecular formula is C95H63BN8O4. The monoisotopic (exact) mass is 1390 g/mol. The first-order chi connectivity index (χ1) is 53.4. The molecule has 510 valence electrons. The number of rotatable bonds is 16. The molecule has 0 aliphatic carbocycles. The van der Waals surface area contributed by atoms with Gasteiger partial charge in [0, 0.05) is 78.2 Å². The van der Waals surface area contributed by atoms with Gasteiger partial charge in [-0.15, -0.1) is 0 Å². The average Bonchev–Trinajstić information content (AvgIpc) is 0.882. The number of aromatic nitrogens is 6. The van der Waals surface area contributed by atoms with Crippen molar-refractivity contribution in [3.63, 3.8) is 0 Å². The summed E-state index contributed by atoms with van der Waals surface area (Å²) in [7, 11) is 0. The van der Waals surface area contributed by atoms with Crippen LogP contribution in [-0.2, 0) is 22.7 Å². The van der Waals surface area contributed by atoms with E-state index in [-0.39, 0.29) is 19.9 Å². The zero-order chi connectivity index (χ0) is 72.0. The summed E-state index contributed by atoms with van der Waals surface area (Å²) in [5.74, 6) is 0.833. The van der Waals surface area contributed by atoms with Gasteiger partial charge in [-0.05, 0) is 136 Å². The van der Waals surface area contributed by atoms with Crippen molar-refractivity contribution in [2.24, 2.45) is 0 Å². The minimum atomic E-state index is -0.496. The second kappa shape index (κ2) is 27.6. The van der Waals surface area contributed by atoms with Crippen LogP contribution in [0.2, 0.25) is 0 Å². The minimum absolute atomic E-state index is 0.0860. The van der Waals surface area contributed by atoms with Crippen molar-refractivity contribution < 1.29 is 19.1 Å². The molecule has 0 N–H and O–H groups in total. The van der Waals surface area contributed by atoms with E-state index < -0.39 is 11.9 Å². The molecule has 13 heteroatoms. The Balaban J connectivity index is 0.830. The highest BCUT2D eigenvalue weighted by Gasteiger charge is 2.44. The molecule has 0 saturated heterocycles. The van der Waals surface area contributed by atoms with Crippen molar-refractivity contribution in [1.29, 1.82) is 0 Å². The SMILES string of the molecule is O=C(OCc1ccccc1)c1ccc2c(c1)c1cc(C(=O)OCc3ccccc3)ccc1n2-c1ccc(-c2cc(-c3ccccc3)nc(-c3ccccc3)n2)cc1-c1nc(-c2ccccc2)nc(-c2cccc(-c3ccc4c5c3N(c3ccccc3)c3ccccc3B5c3ccccc3N4c3ccccc3)c2)n1. The number of anilines is 6. The van der Waals surface area contributed by atoms with Crippen molar-refractivity contribution in [1.82, 2.24) is 29.5 Å². The van der Waals surface area contributed by atoms with Crippen molar-refractivity contribution in [2.45, 2.75) is 13.2 Å². The second-order valence-corrected chi connectivity index (χ2v) is 26.9. The van der Waals surface area contributed by atoms with E-state index in [0.717, 1.165) is 101 Å². The van der Waals surface area contributed by atoms with Crippen LogP contribution >= 0.6 is 0 Å². The summed E-state index contributed by atoms with van der Waals surface area (Å²) in [6, 6.07) is 121. The van der Waals surface area contributed by atoms with Crippen LogP contribution in [0.5, 0.6) is 0 Å². The van der Waals surface area contributed by atoms with E-state index in [1.54, 1.807) is 12.1 Å². The number of carbonyl (C=O) groups excluding carboxylic acids is 2. The molecule has 17 aromatic rings. The molecule has 0 amide bonds. The predicted molar refractivity (Wildman–Crippen MR) is 433 cm³/mol. The molecule has 0 radical (unpaired) electrons. The molecule has 19 rings (SSSR count). The minimum Gasteiger partial charge on any atom is -0.457 e. The van der Waals surface area contributed by atoms with Crippen molar-refractivity contribution >= 4 is 91.0 Å². The maximum atomic E-state index is 14.3. The van der Waals surface area contributed by atoms with Gasteiger partial charge < -0.3 is 23.8 Å². The highest BCUT2D eigenvalue weighted by atomic mass is 16.5. The third kappa shape index (κ3) is 11.9. The Kier molecular flexibility index (Phi) is 16.5. The van der Waals surface area contributed by atoms with Gasteiger partial charge in [0.25, 0.3) is 6.71 Å². The van der Waals surface area contributed by atoms with Gasteiger partial charge in [-0.3, -0.25) is 0 Å². The van der Waals surface area contributed by atoms with Crippen molar-refractivity contribution in [3.8, 4) is 84.9 Å². The Hall–Kier alpha value is -14.4. The quantitative estimate of drug-likeness (QED) is 0.0677. The fourth-order valence-electron chi connectivity index (χ4n) is 15.3. The van der Waals surface area contributed by atoms with Gasteiger partial charge in [-0.25, -0.2) is 34.5 Å². The van der Waals surface area contributed by atoms with Gasteiger partial charge >= 0.3 is 11.9 Å². The lowest BCUT2D eigenvalue weighted by Gasteiger charge is -2.45. The molecule has 0 unspecified atom stereocenters. The molecule has 14 aromatic carbocycles. The summed E-state index contributed by atoms with van der Waals surface area (Å²) in [6.45, 7) is 0.0688. The van der Waals surface area contributed by atoms with Gasteiger partial charge in [0.2, 0.25) is 0 Å². The third-order valence-electron chi connectivity index (χ3n) is 20.3. The van der Waals surface area contributed by atoms with Gasteiger partial charge in [-0.1, -0.05) is 255 Å². The van der Waals surface area contributed by atoms with E-state index in [0.29, 0.717) is 62.1 Å². The van der Waals surface area contributed by atoms with Crippen LogP contribution in [-0.4, -0.2) is 48.1 Å². The fourth-order valence-corrected chi connectivity index (χ4v) is 15.3. The number of nitrogens with zero attached hydrogens (tertiary/aromatic N) is 8.